The Morgan fingerprint density at radius 3 is 2.20 bits per heavy atom. The summed E-state index contributed by atoms with van der Waals surface area (Å²) < 4.78 is 4.59. The number of hydrogen-bond acceptors (Lipinski definition) is 0. The van der Waals surface area contributed by atoms with Crippen LogP contribution in [0.2, 0.25) is 0 Å². The van der Waals surface area contributed by atoms with E-state index in [0.29, 0.717) is 0 Å². The Bertz CT molecular complexity index is 1100. The Morgan fingerprint density at radius 2 is 1.30 bits per heavy atom. The molecule has 0 bridgehead atoms. The first kappa shape index (κ1) is 10.1. The molecule has 0 amide bonds. The molecule has 2 heteroatoms. The van der Waals surface area contributed by atoms with Crippen LogP contribution in [0.4, 0.5) is 0 Å². The van der Waals surface area contributed by atoms with E-state index in [1.807, 2.05) is 0 Å². The summed E-state index contributed by atoms with van der Waals surface area (Å²) in [5, 5.41) is 2.59. The molecule has 20 heavy (non-hydrogen) atoms. The Morgan fingerprint density at radius 1 is 0.600 bits per heavy atom. The van der Waals surface area contributed by atoms with Crippen LogP contribution in [0.25, 0.3) is 32.8 Å². The van der Waals surface area contributed by atoms with Crippen LogP contribution >= 0.6 is 0 Å². The van der Waals surface area contributed by atoms with Gasteiger partial charge in [0, 0.05) is 23.2 Å². The van der Waals surface area contributed by atoms with Crippen molar-refractivity contribution in [3.05, 3.63) is 73.1 Å². The maximum absolute atomic E-state index is 2.31. The van der Waals surface area contributed by atoms with E-state index in [0.717, 1.165) is 0 Å². The number of rotatable bonds is 0. The smallest absolute Gasteiger partial charge is 0.0777 e. The minimum atomic E-state index is 1.24. The third-order valence-electron chi connectivity index (χ3n) is 4.12. The quantitative estimate of drug-likeness (QED) is 0.386. The van der Waals surface area contributed by atoms with Crippen molar-refractivity contribution >= 4 is 32.8 Å². The first-order valence-electron chi connectivity index (χ1n) is 6.81. The molecular formula is C18H12N2. The number of para-hydroxylation sites is 2. The molecule has 0 saturated carbocycles. The molecule has 3 aromatic heterocycles. The van der Waals surface area contributed by atoms with Crippen molar-refractivity contribution < 1.29 is 0 Å². The summed E-state index contributed by atoms with van der Waals surface area (Å²) >= 11 is 0. The van der Waals surface area contributed by atoms with Crippen molar-refractivity contribution in [1.29, 1.82) is 0 Å². The number of hydrogen-bond donors (Lipinski definition) is 0. The van der Waals surface area contributed by atoms with Crippen LogP contribution in [0.15, 0.2) is 73.1 Å². The third kappa shape index (κ3) is 1.09. The van der Waals surface area contributed by atoms with Crippen LogP contribution < -0.4 is 0 Å². The number of aromatic nitrogens is 2. The van der Waals surface area contributed by atoms with E-state index in [-0.39, 0.29) is 0 Å². The molecule has 0 unspecified atom stereocenters. The van der Waals surface area contributed by atoms with Crippen LogP contribution in [0, 0.1) is 0 Å². The van der Waals surface area contributed by atoms with Gasteiger partial charge in [-0.2, -0.15) is 0 Å². The average Bonchev–Trinajstić information content (AvgIpc) is 3.11. The van der Waals surface area contributed by atoms with E-state index in [4.69, 9.17) is 0 Å². The van der Waals surface area contributed by atoms with Crippen molar-refractivity contribution in [3.63, 3.8) is 0 Å². The van der Waals surface area contributed by atoms with E-state index < -0.39 is 0 Å². The first-order valence-corrected chi connectivity index (χ1v) is 6.81. The van der Waals surface area contributed by atoms with Crippen LogP contribution in [0.1, 0.15) is 0 Å². The third-order valence-corrected chi connectivity index (χ3v) is 4.12. The standard InChI is InChI=1S/C18H12N2/c1-2-7-14-13(6-1)12-20-16-9-4-3-8-15(16)19-11-5-10-17(19)18(14)20/h1-12H. The molecule has 0 aliphatic rings. The molecule has 0 aliphatic heterocycles. The van der Waals surface area contributed by atoms with Gasteiger partial charge in [-0.05, 0) is 24.3 Å². The van der Waals surface area contributed by atoms with Gasteiger partial charge in [0.05, 0.1) is 22.1 Å². The fraction of sp³-hybridized carbons (Fsp3) is 0. The summed E-state index contributed by atoms with van der Waals surface area (Å²) in [5.41, 5.74) is 5.01. The Labute approximate surface area is 115 Å². The molecule has 0 fully saturated rings. The van der Waals surface area contributed by atoms with Crippen LogP contribution in [0.5, 0.6) is 0 Å². The molecule has 0 atom stereocenters. The van der Waals surface area contributed by atoms with Crippen molar-refractivity contribution in [2.45, 2.75) is 0 Å². The molecule has 0 spiro atoms. The van der Waals surface area contributed by atoms with Crippen molar-refractivity contribution in [3.8, 4) is 0 Å². The van der Waals surface area contributed by atoms with E-state index in [2.05, 4.69) is 81.9 Å². The predicted octanol–water partition coefficient (Wildman–Crippen LogP) is 4.50. The number of benzene rings is 2. The lowest BCUT2D eigenvalue weighted by molar-refractivity contribution is 1.20. The van der Waals surface area contributed by atoms with Gasteiger partial charge in [-0.3, -0.25) is 0 Å². The molecule has 0 N–H and O–H groups in total. The van der Waals surface area contributed by atoms with E-state index in [1.165, 1.54) is 32.8 Å². The summed E-state index contributed by atoms with van der Waals surface area (Å²) in [6.07, 6.45) is 4.37. The van der Waals surface area contributed by atoms with Gasteiger partial charge in [0.1, 0.15) is 0 Å². The Balaban J connectivity index is 2.26. The molecule has 0 saturated heterocycles. The summed E-state index contributed by atoms with van der Waals surface area (Å²) in [6.45, 7) is 0. The minimum absolute atomic E-state index is 1.24. The van der Waals surface area contributed by atoms with Gasteiger partial charge in [-0.15, -0.1) is 0 Å². The molecule has 0 radical (unpaired) electrons. The maximum Gasteiger partial charge on any atom is 0.0777 e. The van der Waals surface area contributed by atoms with Gasteiger partial charge in [0.25, 0.3) is 0 Å². The largest absolute Gasteiger partial charge is 0.313 e. The van der Waals surface area contributed by atoms with E-state index >= 15 is 0 Å². The topological polar surface area (TPSA) is 8.82 Å². The second-order valence-corrected chi connectivity index (χ2v) is 5.19. The van der Waals surface area contributed by atoms with Crippen molar-refractivity contribution in [2.75, 3.05) is 0 Å². The van der Waals surface area contributed by atoms with Crippen LogP contribution in [-0.2, 0) is 0 Å². The summed E-state index contributed by atoms with van der Waals surface area (Å²) in [6, 6.07) is 21.4. The van der Waals surface area contributed by atoms with Gasteiger partial charge in [-0.1, -0.05) is 36.4 Å². The SMILES string of the molecule is c1ccc2c(c1)cn1c3ccccc3n3cccc3c21. The lowest BCUT2D eigenvalue weighted by Crippen LogP contribution is -1.94. The molecular weight excluding hydrogens is 244 g/mol. The average molecular weight is 256 g/mol. The zero-order valence-electron chi connectivity index (χ0n) is 10.8. The maximum atomic E-state index is 2.31. The molecule has 2 aromatic carbocycles. The van der Waals surface area contributed by atoms with Crippen molar-refractivity contribution in [1.82, 2.24) is 8.80 Å². The second kappa shape index (κ2) is 3.42. The molecule has 2 nitrogen and oxygen atoms in total. The first-order chi connectivity index (χ1) is 9.93. The highest BCUT2D eigenvalue weighted by molar-refractivity contribution is 6.07. The van der Waals surface area contributed by atoms with Crippen LogP contribution in [0.3, 0.4) is 0 Å². The lowest BCUT2D eigenvalue weighted by Gasteiger charge is -2.08. The fourth-order valence-electron chi connectivity index (χ4n) is 3.27. The molecule has 3 heterocycles. The fourth-order valence-corrected chi connectivity index (χ4v) is 3.27. The second-order valence-electron chi connectivity index (χ2n) is 5.19. The Kier molecular flexibility index (Phi) is 1.73. The molecule has 0 aliphatic carbocycles. The van der Waals surface area contributed by atoms with Crippen LogP contribution in [-0.4, -0.2) is 8.80 Å². The van der Waals surface area contributed by atoms with Crippen molar-refractivity contribution in [2.24, 2.45) is 0 Å². The highest BCUT2D eigenvalue weighted by Crippen LogP contribution is 2.30. The van der Waals surface area contributed by atoms with E-state index in [1.54, 1.807) is 0 Å². The van der Waals surface area contributed by atoms with E-state index in [9.17, 15) is 0 Å². The lowest BCUT2D eigenvalue weighted by atomic mass is 10.2. The number of fused-ring (bicyclic) bond motifs is 8. The van der Waals surface area contributed by atoms with Gasteiger partial charge in [0.15, 0.2) is 0 Å². The highest BCUT2D eigenvalue weighted by Gasteiger charge is 2.11. The summed E-state index contributed by atoms with van der Waals surface area (Å²) in [4.78, 5) is 0. The molecule has 94 valence electrons. The zero-order valence-corrected chi connectivity index (χ0v) is 10.8. The normalized spacial score (nSPS) is 12.0. The molecule has 5 aromatic rings. The summed E-state index contributed by atoms with van der Waals surface area (Å²) in [5.74, 6) is 0. The Hall–Kier alpha value is -2.74. The van der Waals surface area contributed by atoms with Gasteiger partial charge < -0.3 is 8.80 Å². The monoisotopic (exact) mass is 256 g/mol. The molecule has 5 rings (SSSR count). The zero-order chi connectivity index (χ0) is 13.1. The predicted molar refractivity (Wildman–Crippen MR) is 83.4 cm³/mol. The summed E-state index contributed by atoms with van der Waals surface area (Å²) in [7, 11) is 0. The highest BCUT2D eigenvalue weighted by atomic mass is 15.0. The van der Waals surface area contributed by atoms with Gasteiger partial charge in [-0.25, -0.2) is 0 Å². The van der Waals surface area contributed by atoms with Gasteiger partial charge >= 0.3 is 0 Å². The van der Waals surface area contributed by atoms with Gasteiger partial charge in [0.2, 0.25) is 0 Å². The minimum Gasteiger partial charge on any atom is -0.313 e. The number of nitrogens with zero attached hydrogens (tertiary/aromatic N) is 2.